The average Bonchev–Trinajstić information content (AvgIpc) is 3.17. The van der Waals surface area contributed by atoms with Crippen LogP contribution in [-0.2, 0) is 9.47 Å². The van der Waals surface area contributed by atoms with E-state index in [0.717, 1.165) is 37.9 Å². The molecular formula is C28H45ClN4O4. The molecular weight excluding hydrogens is 492 g/mol. The maximum Gasteiger partial charge on any atom is 0.406 e. The van der Waals surface area contributed by atoms with Crippen LogP contribution in [0.5, 0.6) is 0 Å². The molecule has 0 spiro atoms. The van der Waals surface area contributed by atoms with Crippen LogP contribution in [0, 0.1) is 11.8 Å². The molecule has 37 heavy (non-hydrogen) atoms. The van der Waals surface area contributed by atoms with Gasteiger partial charge in [-0.05, 0) is 49.9 Å². The molecule has 1 saturated carbocycles. The summed E-state index contributed by atoms with van der Waals surface area (Å²) in [6, 6.07) is 7.84. The molecule has 1 heterocycles. The molecule has 3 N–H and O–H groups in total. The molecule has 3 atom stereocenters. The summed E-state index contributed by atoms with van der Waals surface area (Å²) in [5.74, 6) is 0.815. The van der Waals surface area contributed by atoms with Crippen molar-refractivity contribution in [3.8, 4) is 0 Å². The monoisotopic (exact) mass is 536 g/mol. The SMILES string of the molecule is CNCC(CC1CCCCCC1)NC(=O)N1CCCC(C(OCCNC(=O)OC)c2cccc(Cl)c2)C1. The minimum absolute atomic E-state index is 0.00998. The first-order chi connectivity index (χ1) is 18.0. The summed E-state index contributed by atoms with van der Waals surface area (Å²) >= 11 is 6.30. The molecule has 1 aliphatic heterocycles. The van der Waals surface area contributed by atoms with Crippen molar-refractivity contribution in [3.63, 3.8) is 0 Å². The van der Waals surface area contributed by atoms with Crippen molar-refractivity contribution in [2.75, 3.05) is 46.9 Å². The van der Waals surface area contributed by atoms with Gasteiger partial charge in [0.1, 0.15) is 0 Å². The molecule has 8 nitrogen and oxygen atoms in total. The van der Waals surface area contributed by atoms with E-state index in [4.69, 9.17) is 16.3 Å². The Labute approximate surface area is 227 Å². The molecule has 2 aliphatic rings. The Bertz CT molecular complexity index is 834. The van der Waals surface area contributed by atoms with Gasteiger partial charge >= 0.3 is 12.1 Å². The predicted molar refractivity (Wildman–Crippen MR) is 147 cm³/mol. The summed E-state index contributed by atoms with van der Waals surface area (Å²) in [6.45, 7) is 2.81. The van der Waals surface area contributed by atoms with Crippen molar-refractivity contribution in [1.82, 2.24) is 20.9 Å². The van der Waals surface area contributed by atoms with E-state index in [2.05, 4.69) is 20.7 Å². The molecule has 2 fully saturated rings. The molecule has 9 heteroatoms. The largest absolute Gasteiger partial charge is 0.453 e. The van der Waals surface area contributed by atoms with E-state index in [-0.39, 0.29) is 24.1 Å². The van der Waals surface area contributed by atoms with Crippen LogP contribution in [0.2, 0.25) is 5.02 Å². The Morgan fingerprint density at radius 3 is 2.62 bits per heavy atom. The maximum absolute atomic E-state index is 13.4. The molecule has 1 aliphatic carbocycles. The second-order valence-corrected chi connectivity index (χ2v) is 10.8. The Kier molecular flexibility index (Phi) is 12.8. The Morgan fingerprint density at radius 1 is 1.14 bits per heavy atom. The van der Waals surface area contributed by atoms with Crippen molar-refractivity contribution >= 4 is 23.7 Å². The number of amides is 3. The zero-order valence-electron chi connectivity index (χ0n) is 22.5. The van der Waals surface area contributed by atoms with Crippen LogP contribution >= 0.6 is 11.6 Å². The Balaban J connectivity index is 1.62. The number of methoxy groups -OCH3 is 1. The lowest BCUT2D eigenvalue weighted by Crippen LogP contribution is -2.51. The van der Waals surface area contributed by atoms with E-state index in [1.807, 2.05) is 36.2 Å². The zero-order chi connectivity index (χ0) is 26.5. The number of piperidine rings is 1. The van der Waals surface area contributed by atoms with Gasteiger partial charge in [-0.1, -0.05) is 62.3 Å². The molecule has 0 aromatic heterocycles. The van der Waals surface area contributed by atoms with Gasteiger partial charge in [-0.3, -0.25) is 0 Å². The summed E-state index contributed by atoms with van der Waals surface area (Å²) in [7, 11) is 3.29. The maximum atomic E-state index is 13.4. The van der Waals surface area contributed by atoms with Gasteiger partial charge in [0.2, 0.25) is 0 Å². The lowest BCUT2D eigenvalue weighted by atomic mass is 9.88. The lowest BCUT2D eigenvalue weighted by Gasteiger charge is -2.38. The minimum atomic E-state index is -0.483. The molecule has 1 saturated heterocycles. The topological polar surface area (TPSA) is 91.9 Å². The summed E-state index contributed by atoms with van der Waals surface area (Å²) in [5, 5.41) is 9.92. The standard InChI is InChI=1S/C28H45ClN4O4/c1-30-19-25(17-21-9-5-3-4-6-10-21)32-27(34)33-15-8-12-23(20-33)26(22-11-7-13-24(29)18-22)37-16-14-31-28(35)36-2/h7,11,13,18,21,23,25-26,30H,3-6,8-10,12,14-17,19-20H2,1-2H3,(H,31,35)(H,32,34). The highest BCUT2D eigenvalue weighted by Crippen LogP contribution is 2.34. The fraction of sp³-hybridized carbons (Fsp3) is 0.714. The van der Waals surface area contributed by atoms with E-state index in [1.165, 1.54) is 45.6 Å². The number of likely N-dealkylation sites (tertiary alicyclic amines) is 1. The number of alkyl carbamates (subject to hydrolysis) is 1. The molecule has 1 aromatic rings. The third kappa shape index (κ3) is 9.98. The highest BCUT2D eigenvalue weighted by Gasteiger charge is 2.32. The van der Waals surface area contributed by atoms with Gasteiger partial charge in [0, 0.05) is 43.2 Å². The molecule has 0 bridgehead atoms. The zero-order valence-corrected chi connectivity index (χ0v) is 23.2. The van der Waals surface area contributed by atoms with Crippen LogP contribution in [0.25, 0.3) is 0 Å². The Morgan fingerprint density at radius 2 is 1.92 bits per heavy atom. The quantitative estimate of drug-likeness (QED) is 0.269. The van der Waals surface area contributed by atoms with Gasteiger partial charge in [0.25, 0.3) is 0 Å². The van der Waals surface area contributed by atoms with E-state index in [1.54, 1.807) is 0 Å². The Hall–Kier alpha value is -2.03. The van der Waals surface area contributed by atoms with Crippen LogP contribution in [-0.4, -0.2) is 70.0 Å². The number of benzene rings is 1. The van der Waals surface area contributed by atoms with Crippen molar-refractivity contribution in [1.29, 1.82) is 0 Å². The smallest absolute Gasteiger partial charge is 0.406 e. The number of nitrogens with zero attached hydrogens (tertiary/aromatic N) is 1. The van der Waals surface area contributed by atoms with Gasteiger partial charge in [0.05, 0.1) is 19.8 Å². The first kappa shape index (κ1) is 29.5. The summed E-state index contributed by atoms with van der Waals surface area (Å²) in [4.78, 5) is 26.7. The van der Waals surface area contributed by atoms with Crippen LogP contribution in [0.1, 0.15) is 69.5 Å². The number of nitrogens with one attached hydrogen (secondary N) is 3. The van der Waals surface area contributed by atoms with Gasteiger partial charge in [-0.2, -0.15) is 0 Å². The molecule has 3 amide bonds. The van der Waals surface area contributed by atoms with E-state index in [0.29, 0.717) is 30.6 Å². The number of halogens is 1. The molecule has 0 radical (unpaired) electrons. The molecule has 208 valence electrons. The second kappa shape index (κ2) is 16.0. The van der Waals surface area contributed by atoms with Crippen LogP contribution in [0.4, 0.5) is 9.59 Å². The van der Waals surface area contributed by atoms with Crippen molar-refractivity contribution in [2.24, 2.45) is 11.8 Å². The van der Waals surface area contributed by atoms with Crippen molar-refractivity contribution in [2.45, 2.75) is 69.9 Å². The number of likely N-dealkylation sites (N-methyl/N-ethyl adjacent to an activating group) is 1. The van der Waals surface area contributed by atoms with E-state index in [9.17, 15) is 9.59 Å². The lowest BCUT2D eigenvalue weighted by molar-refractivity contribution is -0.00864. The van der Waals surface area contributed by atoms with Crippen LogP contribution < -0.4 is 16.0 Å². The van der Waals surface area contributed by atoms with Gasteiger partial charge in [-0.25, -0.2) is 9.59 Å². The number of hydrogen-bond donors (Lipinski definition) is 3. The van der Waals surface area contributed by atoms with Gasteiger partial charge in [-0.15, -0.1) is 0 Å². The van der Waals surface area contributed by atoms with Crippen LogP contribution in [0.3, 0.4) is 0 Å². The van der Waals surface area contributed by atoms with Crippen molar-refractivity contribution in [3.05, 3.63) is 34.9 Å². The average molecular weight is 537 g/mol. The van der Waals surface area contributed by atoms with Gasteiger partial charge < -0.3 is 30.3 Å². The number of urea groups is 1. The summed E-state index contributed by atoms with van der Waals surface area (Å²) < 4.78 is 10.9. The first-order valence-electron chi connectivity index (χ1n) is 13.9. The van der Waals surface area contributed by atoms with Crippen molar-refractivity contribution < 1.29 is 19.1 Å². The number of rotatable bonds is 11. The summed E-state index contributed by atoms with van der Waals surface area (Å²) in [5.41, 5.74) is 0.985. The third-order valence-corrected chi connectivity index (χ3v) is 7.81. The second-order valence-electron chi connectivity index (χ2n) is 10.4. The van der Waals surface area contributed by atoms with Gasteiger partial charge in [0.15, 0.2) is 0 Å². The number of carbonyl (C=O) groups is 2. The highest BCUT2D eigenvalue weighted by atomic mass is 35.5. The number of carbonyl (C=O) groups excluding carboxylic acids is 2. The highest BCUT2D eigenvalue weighted by molar-refractivity contribution is 6.30. The molecule has 3 rings (SSSR count). The first-order valence-corrected chi connectivity index (χ1v) is 14.3. The van der Waals surface area contributed by atoms with E-state index >= 15 is 0 Å². The summed E-state index contributed by atoms with van der Waals surface area (Å²) in [6.07, 6.45) is 10.0. The fourth-order valence-electron chi connectivity index (χ4n) is 5.75. The normalized spacial score (nSPS) is 20.5. The minimum Gasteiger partial charge on any atom is -0.453 e. The van der Waals surface area contributed by atoms with E-state index < -0.39 is 6.09 Å². The van der Waals surface area contributed by atoms with Crippen LogP contribution in [0.15, 0.2) is 24.3 Å². The number of hydrogen-bond acceptors (Lipinski definition) is 5. The molecule has 1 aromatic carbocycles. The fourth-order valence-corrected chi connectivity index (χ4v) is 5.95. The number of ether oxygens (including phenoxy) is 2. The third-order valence-electron chi connectivity index (χ3n) is 7.58. The molecule has 3 unspecified atom stereocenters. The predicted octanol–water partition coefficient (Wildman–Crippen LogP) is 5.12.